The van der Waals surface area contributed by atoms with Gasteiger partial charge in [-0.25, -0.2) is 0 Å². The van der Waals surface area contributed by atoms with Gasteiger partial charge in [0.05, 0.1) is 17.1 Å². The molecule has 1 spiro atoms. The Morgan fingerprint density at radius 2 is 0.815 bits per heavy atom. The molecule has 0 aromatic heterocycles. The number of benzene rings is 7. The highest BCUT2D eigenvalue weighted by Crippen LogP contribution is 2.69. The summed E-state index contributed by atoms with van der Waals surface area (Å²) in [7, 11) is -2.69. The molecule has 0 N–H and O–H groups in total. The van der Waals surface area contributed by atoms with E-state index in [0.29, 0.717) is 0 Å². The van der Waals surface area contributed by atoms with E-state index in [4.69, 9.17) is 0 Å². The summed E-state index contributed by atoms with van der Waals surface area (Å²) in [6, 6.07) is 71.6. The standard InChI is InChI=1S/C52H45NSi/c1-4-18-42(19-5-1)54(43-20-6-2-7-21-43,44-22-8-3-9-23-44)45-24-16-17-39(36-45)46-25-10-13-28-49(46)53-50-29-14-11-26-47(50)52(48-27-12-15-30-51(48)53)40-32-37-31-38(34-40)35-41(52)33-37/h1-30,36-38,40-41H,31-35H2/t37-,38+,40-,41?. The molecule has 2 heteroatoms. The Morgan fingerprint density at radius 3 is 1.33 bits per heavy atom. The highest BCUT2D eigenvalue weighted by Gasteiger charge is 2.61. The number of nitrogens with zero attached hydrogens (tertiary/aromatic N) is 1. The molecule has 0 unspecified atom stereocenters. The first kappa shape index (κ1) is 32.0. The summed E-state index contributed by atoms with van der Waals surface area (Å²) in [5.74, 6) is 3.28. The van der Waals surface area contributed by atoms with Crippen molar-refractivity contribution in [3.05, 3.63) is 199 Å². The second-order valence-electron chi connectivity index (χ2n) is 16.5. The molecule has 4 fully saturated rings. The quantitative estimate of drug-likeness (QED) is 0.123. The molecule has 5 aliphatic rings. The molecule has 0 atom stereocenters. The van der Waals surface area contributed by atoms with Gasteiger partial charge >= 0.3 is 0 Å². The zero-order chi connectivity index (χ0) is 35.7. The van der Waals surface area contributed by atoms with Gasteiger partial charge in [-0.3, -0.25) is 0 Å². The van der Waals surface area contributed by atoms with E-state index in [0.717, 1.165) is 23.7 Å². The van der Waals surface area contributed by atoms with Crippen molar-refractivity contribution in [1.29, 1.82) is 0 Å². The lowest BCUT2D eigenvalue weighted by atomic mass is 9.41. The monoisotopic (exact) mass is 711 g/mol. The van der Waals surface area contributed by atoms with E-state index in [1.165, 1.54) is 81.0 Å². The second kappa shape index (κ2) is 12.6. The van der Waals surface area contributed by atoms with Crippen LogP contribution >= 0.6 is 0 Å². The number of anilines is 3. The van der Waals surface area contributed by atoms with Gasteiger partial charge in [-0.15, -0.1) is 0 Å². The third-order valence-corrected chi connectivity index (χ3v) is 18.8. The maximum atomic E-state index is 2.62. The van der Waals surface area contributed by atoms with Crippen LogP contribution in [0.5, 0.6) is 0 Å². The van der Waals surface area contributed by atoms with E-state index < -0.39 is 8.07 Å². The summed E-state index contributed by atoms with van der Waals surface area (Å²) in [6.45, 7) is 0. The van der Waals surface area contributed by atoms with Crippen molar-refractivity contribution in [3.63, 3.8) is 0 Å². The molecular formula is C52H45NSi. The fraction of sp³-hybridized carbons (Fsp3) is 0.192. The summed E-state index contributed by atoms with van der Waals surface area (Å²) in [5.41, 5.74) is 9.73. The zero-order valence-electron chi connectivity index (χ0n) is 30.7. The van der Waals surface area contributed by atoms with Crippen LogP contribution < -0.4 is 25.6 Å². The van der Waals surface area contributed by atoms with Gasteiger partial charge in [0.15, 0.2) is 8.07 Å². The fourth-order valence-corrected chi connectivity index (χ4v) is 17.1. The molecule has 0 radical (unpaired) electrons. The molecule has 7 aromatic carbocycles. The molecule has 7 aromatic rings. The van der Waals surface area contributed by atoms with Crippen molar-refractivity contribution in [3.8, 4) is 11.1 Å². The Bertz CT molecular complexity index is 2300. The Kier molecular flexibility index (Phi) is 7.46. The van der Waals surface area contributed by atoms with Crippen LogP contribution in [-0.2, 0) is 5.41 Å². The van der Waals surface area contributed by atoms with Crippen molar-refractivity contribution in [2.75, 3.05) is 4.90 Å². The van der Waals surface area contributed by atoms with Gasteiger partial charge in [-0.05, 0) is 111 Å². The molecule has 4 bridgehead atoms. The molecule has 1 aliphatic heterocycles. The molecule has 1 nitrogen and oxygen atoms in total. The molecule has 0 saturated heterocycles. The Hall–Kier alpha value is -5.44. The lowest BCUT2D eigenvalue weighted by Crippen LogP contribution is -2.74. The van der Waals surface area contributed by atoms with Crippen LogP contribution in [0.4, 0.5) is 17.1 Å². The van der Waals surface area contributed by atoms with Crippen LogP contribution in [0.2, 0.25) is 0 Å². The second-order valence-corrected chi connectivity index (χ2v) is 20.3. The lowest BCUT2D eigenvalue weighted by molar-refractivity contribution is -0.0419. The number of para-hydroxylation sites is 3. The molecular weight excluding hydrogens is 667 g/mol. The Balaban J connectivity index is 1.12. The van der Waals surface area contributed by atoms with Gasteiger partial charge in [0.2, 0.25) is 0 Å². The van der Waals surface area contributed by atoms with E-state index in [-0.39, 0.29) is 5.41 Å². The van der Waals surface area contributed by atoms with Crippen LogP contribution in [0.1, 0.15) is 43.2 Å². The van der Waals surface area contributed by atoms with Crippen LogP contribution in [-0.4, -0.2) is 8.07 Å². The molecule has 12 rings (SSSR count). The minimum atomic E-state index is -2.69. The topological polar surface area (TPSA) is 3.24 Å². The molecule has 0 amide bonds. The Morgan fingerprint density at radius 1 is 0.389 bits per heavy atom. The lowest BCUT2D eigenvalue weighted by Gasteiger charge is -2.64. The van der Waals surface area contributed by atoms with E-state index in [2.05, 4.69) is 193 Å². The molecule has 4 aliphatic carbocycles. The third-order valence-electron chi connectivity index (χ3n) is 14.0. The third kappa shape index (κ3) is 4.56. The van der Waals surface area contributed by atoms with Crippen molar-refractivity contribution >= 4 is 45.9 Å². The van der Waals surface area contributed by atoms with Crippen LogP contribution in [0, 0.1) is 23.7 Å². The minimum absolute atomic E-state index is 0.0955. The minimum Gasteiger partial charge on any atom is -0.309 e. The smallest absolute Gasteiger partial charge is 0.179 e. The normalized spacial score (nSPS) is 21.8. The van der Waals surface area contributed by atoms with Gasteiger partial charge in [0.1, 0.15) is 0 Å². The van der Waals surface area contributed by atoms with Gasteiger partial charge < -0.3 is 4.90 Å². The van der Waals surface area contributed by atoms with Gasteiger partial charge in [-0.1, -0.05) is 170 Å². The molecule has 1 heterocycles. The number of hydrogen-bond donors (Lipinski definition) is 0. The summed E-state index contributed by atoms with van der Waals surface area (Å²) in [6.07, 6.45) is 7.00. The van der Waals surface area contributed by atoms with Crippen LogP contribution in [0.25, 0.3) is 11.1 Å². The van der Waals surface area contributed by atoms with E-state index in [1.807, 2.05) is 0 Å². The summed E-state index contributed by atoms with van der Waals surface area (Å²) in [4.78, 5) is 2.62. The zero-order valence-corrected chi connectivity index (χ0v) is 31.7. The predicted octanol–water partition coefficient (Wildman–Crippen LogP) is 10.3. The van der Waals surface area contributed by atoms with E-state index in [1.54, 1.807) is 11.1 Å². The van der Waals surface area contributed by atoms with Crippen molar-refractivity contribution in [1.82, 2.24) is 0 Å². The van der Waals surface area contributed by atoms with Gasteiger partial charge in [-0.2, -0.15) is 0 Å². The Labute approximate surface area is 321 Å². The predicted molar refractivity (Wildman–Crippen MR) is 228 cm³/mol. The molecule has 4 saturated carbocycles. The fourth-order valence-electron chi connectivity index (χ4n) is 12.3. The number of rotatable bonds is 6. The van der Waals surface area contributed by atoms with Crippen LogP contribution in [0.15, 0.2) is 188 Å². The van der Waals surface area contributed by atoms with Gasteiger partial charge in [0, 0.05) is 11.0 Å². The summed E-state index contributed by atoms with van der Waals surface area (Å²) >= 11 is 0. The maximum absolute atomic E-state index is 2.69. The largest absolute Gasteiger partial charge is 0.309 e. The molecule has 262 valence electrons. The highest BCUT2D eigenvalue weighted by molar-refractivity contribution is 7.19. The highest BCUT2D eigenvalue weighted by atomic mass is 28.3. The summed E-state index contributed by atoms with van der Waals surface area (Å²) in [5, 5.41) is 5.58. The first-order valence-corrected chi connectivity index (χ1v) is 22.1. The van der Waals surface area contributed by atoms with E-state index >= 15 is 0 Å². The first-order chi connectivity index (χ1) is 26.8. The van der Waals surface area contributed by atoms with Crippen molar-refractivity contribution < 1.29 is 0 Å². The summed E-state index contributed by atoms with van der Waals surface area (Å²) < 4.78 is 0. The van der Waals surface area contributed by atoms with Gasteiger partial charge in [0.25, 0.3) is 0 Å². The van der Waals surface area contributed by atoms with Crippen LogP contribution in [0.3, 0.4) is 0 Å². The SMILES string of the molecule is c1ccc([Si](c2ccccc2)(c2ccccc2)c2cccc(-c3ccccc3N3c4ccccc4C4(c5ccccc53)C3C[C@H]5C[C@@H](C3)C[C@@H]4C5)c2)cc1. The van der Waals surface area contributed by atoms with E-state index in [9.17, 15) is 0 Å². The van der Waals surface area contributed by atoms with Crippen molar-refractivity contribution in [2.45, 2.75) is 37.5 Å². The first-order valence-electron chi connectivity index (χ1n) is 20.1. The average Bonchev–Trinajstić information content (AvgIpc) is 3.24. The number of hydrogen-bond acceptors (Lipinski definition) is 1. The van der Waals surface area contributed by atoms with Crippen molar-refractivity contribution in [2.24, 2.45) is 23.7 Å². The number of fused-ring (bicyclic) bond motifs is 2. The maximum Gasteiger partial charge on any atom is 0.179 e. The molecule has 54 heavy (non-hydrogen) atoms. The average molecular weight is 712 g/mol.